The third kappa shape index (κ3) is 2.93. The zero-order valence-electron chi connectivity index (χ0n) is 10.5. The molecular weight excluding hydrogens is 266 g/mol. The molecule has 1 aromatic rings. The van der Waals surface area contributed by atoms with E-state index in [2.05, 4.69) is 0 Å². The van der Waals surface area contributed by atoms with Gasteiger partial charge in [0, 0.05) is 13.2 Å². The van der Waals surface area contributed by atoms with Gasteiger partial charge in [0.15, 0.2) is 0 Å². The lowest BCUT2D eigenvalue weighted by atomic mass is 9.89. The lowest BCUT2D eigenvalue weighted by Gasteiger charge is -2.15. The van der Waals surface area contributed by atoms with Crippen molar-refractivity contribution < 1.29 is 30.0 Å². The molecule has 106 valence electrons. The Morgan fingerprint density at radius 3 is 2.00 bits per heavy atom. The first-order valence-corrected chi connectivity index (χ1v) is 5.75. The Kier molecular flexibility index (Phi) is 5.20. The molecule has 7 heteroatoms. The zero-order valence-corrected chi connectivity index (χ0v) is 10.5. The lowest BCUT2D eigenvalue weighted by molar-refractivity contribution is 0.0694. The Morgan fingerprint density at radius 2 is 1.60 bits per heavy atom. The predicted octanol–water partition coefficient (Wildman–Crippen LogP) is 0.0243. The Labute approximate surface area is 114 Å². The number of rotatable bonds is 6. The van der Waals surface area contributed by atoms with Gasteiger partial charge in [0.1, 0.15) is 0 Å². The number of carbonyl (C=O) groups is 2. The molecule has 4 N–H and O–H groups in total. The standard InChI is InChI=1S/C13H13NO6/c14-6-7-5-10(12(17)18)9(2-4-16)11(13(19)20)8(7)1-3-15/h5,15-16H,1-4H2,(H,17,18)(H,19,20). The molecule has 0 saturated carbocycles. The van der Waals surface area contributed by atoms with Crippen LogP contribution in [0.1, 0.15) is 37.4 Å². The smallest absolute Gasteiger partial charge is 0.336 e. The van der Waals surface area contributed by atoms with Crippen LogP contribution < -0.4 is 0 Å². The summed E-state index contributed by atoms with van der Waals surface area (Å²) >= 11 is 0. The van der Waals surface area contributed by atoms with Crippen molar-refractivity contribution in [2.45, 2.75) is 12.8 Å². The van der Waals surface area contributed by atoms with Crippen molar-refractivity contribution >= 4 is 11.9 Å². The minimum Gasteiger partial charge on any atom is -0.478 e. The molecule has 0 saturated heterocycles. The van der Waals surface area contributed by atoms with E-state index in [0.717, 1.165) is 6.07 Å². The summed E-state index contributed by atoms with van der Waals surface area (Å²) < 4.78 is 0. The van der Waals surface area contributed by atoms with Crippen LogP contribution in [0.2, 0.25) is 0 Å². The summed E-state index contributed by atoms with van der Waals surface area (Å²) in [6, 6.07) is 2.81. The van der Waals surface area contributed by atoms with Crippen LogP contribution in [-0.4, -0.2) is 45.6 Å². The molecule has 0 aliphatic carbocycles. The van der Waals surface area contributed by atoms with Gasteiger partial charge >= 0.3 is 11.9 Å². The van der Waals surface area contributed by atoms with Crippen LogP contribution in [0, 0.1) is 11.3 Å². The second-order valence-corrected chi connectivity index (χ2v) is 3.97. The average Bonchev–Trinajstić information content (AvgIpc) is 2.38. The number of hydrogen-bond acceptors (Lipinski definition) is 5. The second kappa shape index (κ2) is 6.65. The quantitative estimate of drug-likeness (QED) is 0.575. The summed E-state index contributed by atoms with van der Waals surface area (Å²) in [5.74, 6) is -2.76. The summed E-state index contributed by atoms with van der Waals surface area (Å²) in [5.41, 5.74) is -0.722. The molecule has 0 bridgehead atoms. The van der Waals surface area contributed by atoms with Gasteiger partial charge in [-0.1, -0.05) is 0 Å². The number of benzene rings is 1. The number of carboxylic acids is 2. The molecule has 0 atom stereocenters. The first kappa shape index (κ1) is 15.6. The molecular formula is C13H13NO6. The van der Waals surface area contributed by atoms with Gasteiger partial charge in [0.2, 0.25) is 0 Å². The Morgan fingerprint density at radius 1 is 1.05 bits per heavy atom. The van der Waals surface area contributed by atoms with E-state index in [1.165, 1.54) is 0 Å². The maximum atomic E-state index is 11.4. The Balaban J connectivity index is 3.77. The van der Waals surface area contributed by atoms with Crippen LogP contribution in [-0.2, 0) is 12.8 Å². The molecule has 1 aromatic carbocycles. The van der Waals surface area contributed by atoms with E-state index in [0.29, 0.717) is 0 Å². The number of hydrogen-bond donors (Lipinski definition) is 4. The van der Waals surface area contributed by atoms with Gasteiger partial charge in [-0.2, -0.15) is 5.26 Å². The van der Waals surface area contributed by atoms with Crippen LogP contribution in [0.15, 0.2) is 6.07 Å². The highest BCUT2D eigenvalue weighted by molar-refractivity contribution is 5.98. The molecule has 0 amide bonds. The van der Waals surface area contributed by atoms with Crippen LogP contribution >= 0.6 is 0 Å². The molecule has 0 aromatic heterocycles. The first-order valence-electron chi connectivity index (χ1n) is 5.75. The molecule has 1 rings (SSSR count). The molecule has 0 spiro atoms. The van der Waals surface area contributed by atoms with Crippen LogP contribution in [0.4, 0.5) is 0 Å². The molecule has 7 nitrogen and oxygen atoms in total. The summed E-state index contributed by atoms with van der Waals surface area (Å²) in [5, 5.41) is 45.3. The van der Waals surface area contributed by atoms with Crippen molar-refractivity contribution in [3.05, 3.63) is 33.9 Å². The number of nitrogens with zero attached hydrogens (tertiary/aromatic N) is 1. The van der Waals surface area contributed by atoms with E-state index in [-0.39, 0.29) is 47.3 Å². The molecule has 20 heavy (non-hydrogen) atoms. The average molecular weight is 279 g/mol. The van der Waals surface area contributed by atoms with E-state index >= 15 is 0 Å². The fourth-order valence-corrected chi connectivity index (χ4v) is 2.06. The molecule has 0 fully saturated rings. The summed E-state index contributed by atoms with van der Waals surface area (Å²) in [6.07, 6.45) is -0.240. The van der Waals surface area contributed by atoms with Crippen molar-refractivity contribution in [1.82, 2.24) is 0 Å². The van der Waals surface area contributed by atoms with Gasteiger partial charge < -0.3 is 20.4 Å². The number of aromatic carboxylic acids is 2. The van der Waals surface area contributed by atoms with Crippen LogP contribution in [0.3, 0.4) is 0 Å². The van der Waals surface area contributed by atoms with E-state index in [1.54, 1.807) is 6.07 Å². The van der Waals surface area contributed by atoms with Gasteiger partial charge in [0.25, 0.3) is 0 Å². The van der Waals surface area contributed by atoms with E-state index in [4.69, 9.17) is 20.6 Å². The Bertz CT molecular complexity index is 588. The van der Waals surface area contributed by atoms with Crippen LogP contribution in [0.25, 0.3) is 0 Å². The van der Waals surface area contributed by atoms with Crippen molar-refractivity contribution in [1.29, 1.82) is 5.26 Å². The number of carboxylic acid groups (broad SMARTS) is 2. The van der Waals surface area contributed by atoms with Gasteiger partial charge in [-0.3, -0.25) is 0 Å². The minimum absolute atomic E-state index is 0.0463. The van der Waals surface area contributed by atoms with Crippen molar-refractivity contribution in [2.75, 3.05) is 13.2 Å². The second-order valence-electron chi connectivity index (χ2n) is 3.97. The number of aliphatic hydroxyl groups excluding tert-OH is 2. The van der Waals surface area contributed by atoms with Crippen molar-refractivity contribution in [3.8, 4) is 6.07 Å². The molecule has 0 aliphatic heterocycles. The van der Waals surface area contributed by atoms with E-state index in [9.17, 15) is 14.7 Å². The van der Waals surface area contributed by atoms with Gasteiger partial charge in [0.05, 0.1) is 22.8 Å². The lowest BCUT2D eigenvalue weighted by Crippen LogP contribution is -2.17. The third-order valence-electron chi connectivity index (χ3n) is 2.83. The predicted molar refractivity (Wildman–Crippen MR) is 66.7 cm³/mol. The fourth-order valence-electron chi connectivity index (χ4n) is 2.06. The molecule has 0 unspecified atom stereocenters. The SMILES string of the molecule is N#Cc1cc(C(=O)O)c(CCO)c(C(=O)O)c1CCO. The highest BCUT2D eigenvalue weighted by Gasteiger charge is 2.24. The minimum atomic E-state index is -1.39. The van der Waals surface area contributed by atoms with Crippen LogP contribution in [0.5, 0.6) is 0 Å². The molecule has 0 aliphatic rings. The fraction of sp³-hybridized carbons (Fsp3) is 0.308. The number of nitriles is 1. The summed E-state index contributed by atoms with van der Waals surface area (Å²) in [7, 11) is 0. The topological polar surface area (TPSA) is 139 Å². The summed E-state index contributed by atoms with van der Waals surface area (Å²) in [6.45, 7) is -0.801. The third-order valence-corrected chi connectivity index (χ3v) is 2.83. The Hall–Kier alpha value is -2.43. The van der Waals surface area contributed by atoms with Crippen molar-refractivity contribution in [3.63, 3.8) is 0 Å². The highest BCUT2D eigenvalue weighted by Crippen LogP contribution is 2.25. The van der Waals surface area contributed by atoms with E-state index < -0.39 is 18.5 Å². The van der Waals surface area contributed by atoms with Gasteiger partial charge in [-0.15, -0.1) is 0 Å². The van der Waals surface area contributed by atoms with Gasteiger partial charge in [-0.05, 0) is 30.0 Å². The zero-order chi connectivity index (χ0) is 15.3. The highest BCUT2D eigenvalue weighted by atomic mass is 16.4. The molecule has 0 heterocycles. The van der Waals surface area contributed by atoms with Gasteiger partial charge in [-0.25, -0.2) is 9.59 Å². The van der Waals surface area contributed by atoms with E-state index in [1.807, 2.05) is 0 Å². The first-order chi connectivity index (χ1) is 9.47. The number of aliphatic hydroxyl groups is 2. The maximum Gasteiger partial charge on any atom is 0.336 e. The normalized spacial score (nSPS) is 10.1. The largest absolute Gasteiger partial charge is 0.478 e. The summed E-state index contributed by atoms with van der Waals surface area (Å²) in [4.78, 5) is 22.5. The maximum absolute atomic E-state index is 11.4. The monoisotopic (exact) mass is 279 g/mol. The molecule has 0 radical (unpaired) electrons. The van der Waals surface area contributed by atoms with Crippen molar-refractivity contribution in [2.24, 2.45) is 0 Å².